The summed E-state index contributed by atoms with van der Waals surface area (Å²) in [5, 5.41) is 19.1. The van der Waals surface area contributed by atoms with Crippen LogP contribution in [0.2, 0.25) is 0 Å². The van der Waals surface area contributed by atoms with Crippen LogP contribution in [-0.4, -0.2) is 42.8 Å². The first kappa shape index (κ1) is 22.8. The molecule has 2 heterocycles. The van der Waals surface area contributed by atoms with Gasteiger partial charge in [-0.2, -0.15) is 5.10 Å². The fraction of sp³-hybridized carbons (Fsp3) is 0.0714. The summed E-state index contributed by atoms with van der Waals surface area (Å²) in [5.41, 5.74) is 3.77. The van der Waals surface area contributed by atoms with Crippen molar-refractivity contribution in [1.82, 2.24) is 25.1 Å². The highest BCUT2D eigenvalue weighted by molar-refractivity contribution is 5.95. The van der Waals surface area contributed by atoms with Gasteiger partial charge in [-0.25, -0.2) is 14.5 Å². The number of nitrogens with one attached hydrogen (secondary N) is 2. The first-order valence-electron chi connectivity index (χ1n) is 11.4. The number of nitrogens with zero attached hydrogens (tertiary/aromatic N) is 3. The van der Waals surface area contributed by atoms with Gasteiger partial charge in [-0.3, -0.25) is 4.79 Å². The number of aromatic nitrogens is 4. The predicted molar refractivity (Wildman–Crippen MR) is 137 cm³/mol. The van der Waals surface area contributed by atoms with Gasteiger partial charge in [0.2, 0.25) is 5.91 Å². The molecule has 3 N–H and O–H groups in total. The molecule has 8 heteroatoms. The summed E-state index contributed by atoms with van der Waals surface area (Å²) in [6.45, 7) is 0. The molecule has 0 unspecified atom stereocenters. The Balaban J connectivity index is 1.45. The lowest BCUT2D eigenvalue weighted by Gasteiger charge is -2.11. The van der Waals surface area contributed by atoms with Crippen LogP contribution in [0.5, 0.6) is 0 Å². The lowest BCUT2D eigenvalue weighted by Crippen LogP contribution is -2.41. The fourth-order valence-corrected chi connectivity index (χ4v) is 3.98. The highest BCUT2D eigenvalue weighted by atomic mass is 16.4. The molecule has 0 saturated heterocycles. The summed E-state index contributed by atoms with van der Waals surface area (Å²) in [6.07, 6.45) is 7.98. The van der Waals surface area contributed by atoms with E-state index in [9.17, 15) is 14.7 Å². The second-order valence-corrected chi connectivity index (χ2v) is 8.27. The van der Waals surface area contributed by atoms with Crippen LogP contribution in [-0.2, 0) is 16.0 Å². The number of carbonyl (C=O) groups excluding carboxylic acids is 1. The van der Waals surface area contributed by atoms with E-state index in [0.29, 0.717) is 11.4 Å². The number of carbonyl (C=O) groups is 2. The Morgan fingerprint density at radius 2 is 1.81 bits per heavy atom. The average Bonchev–Trinajstić information content (AvgIpc) is 3.57. The Morgan fingerprint density at radius 1 is 1.03 bits per heavy atom. The maximum absolute atomic E-state index is 12.6. The van der Waals surface area contributed by atoms with Gasteiger partial charge >= 0.3 is 5.97 Å². The van der Waals surface area contributed by atoms with Crippen LogP contribution in [0.15, 0.2) is 97.6 Å². The minimum atomic E-state index is -1.13. The van der Waals surface area contributed by atoms with Gasteiger partial charge in [0.15, 0.2) is 0 Å². The van der Waals surface area contributed by atoms with E-state index >= 15 is 0 Å². The number of hydrogen-bond donors (Lipinski definition) is 3. The van der Waals surface area contributed by atoms with Crippen molar-refractivity contribution in [1.29, 1.82) is 0 Å². The third-order valence-corrected chi connectivity index (χ3v) is 5.78. The van der Waals surface area contributed by atoms with E-state index in [2.05, 4.69) is 27.4 Å². The van der Waals surface area contributed by atoms with Gasteiger partial charge in [-0.15, -0.1) is 0 Å². The largest absolute Gasteiger partial charge is 0.480 e. The maximum Gasteiger partial charge on any atom is 0.326 e. The van der Waals surface area contributed by atoms with E-state index in [0.717, 1.165) is 27.6 Å². The van der Waals surface area contributed by atoms with Crippen molar-refractivity contribution in [2.45, 2.75) is 12.5 Å². The first-order valence-corrected chi connectivity index (χ1v) is 11.4. The van der Waals surface area contributed by atoms with Gasteiger partial charge in [0.05, 0.1) is 23.4 Å². The number of rotatable bonds is 8. The van der Waals surface area contributed by atoms with Crippen molar-refractivity contribution in [2.24, 2.45) is 0 Å². The molecule has 0 aliphatic heterocycles. The Labute approximate surface area is 206 Å². The zero-order chi connectivity index (χ0) is 24.9. The monoisotopic (exact) mass is 477 g/mol. The SMILES string of the molecule is O=C(C=Cc1cn(-c2ccccc2)nc1-c1ccc2ccccc2c1)N[C@@H](Cc1c[nH]cn1)C(=O)O. The van der Waals surface area contributed by atoms with Crippen LogP contribution in [0.3, 0.4) is 0 Å². The zero-order valence-electron chi connectivity index (χ0n) is 19.2. The smallest absolute Gasteiger partial charge is 0.326 e. The third-order valence-electron chi connectivity index (χ3n) is 5.78. The van der Waals surface area contributed by atoms with Crippen molar-refractivity contribution in [3.8, 4) is 16.9 Å². The Morgan fingerprint density at radius 3 is 2.56 bits per heavy atom. The molecule has 5 aromatic rings. The number of hydrogen-bond acceptors (Lipinski definition) is 4. The molecule has 0 aliphatic carbocycles. The number of H-pyrrole nitrogens is 1. The molecular formula is C28H23N5O3. The van der Waals surface area contributed by atoms with Crippen LogP contribution in [0.1, 0.15) is 11.3 Å². The predicted octanol–water partition coefficient (Wildman–Crippen LogP) is 4.24. The highest BCUT2D eigenvalue weighted by Gasteiger charge is 2.20. The summed E-state index contributed by atoms with van der Waals surface area (Å²) in [7, 11) is 0. The molecule has 2 aromatic heterocycles. The van der Waals surface area contributed by atoms with Gasteiger partial charge in [0.1, 0.15) is 6.04 Å². The Bertz CT molecular complexity index is 1540. The number of fused-ring (bicyclic) bond motifs is 1. The quantitative estimate of drug-likeness (QED) is 0.289. The van der Waals surface area contributed by atoms with E-state index in [1.807, 2.05) is 66.9 Å². The van der Waals surface area contributed by atoms with Crippen LogP contribution in [0.4, 0.5) is 0 Å². The summed E-state index contributed by atoms with van der Waals surface area (Å²) in [4.78, 5) is 31.1. The molecule has 8 nitrogen and oxygen atoms in total. The van der Waals surface area contributed by atoms with Crippen molar-refractivity contribution < 1.29 is 14.7 Å². The van der Waals surface area contributed by atoms with E-state index in [1.54, 1.807) is 17.0 Å². The zero-order valence-corrected chi connectivity index (χ0v) is 19.2. The van der Waals surface area contributed by atoms with Gasteiger partial charge in [0, 0.05) is 36.0 Å². The molecular weight excluding hydrogens is 454 g/mol. The molecule has 5 rings (SSSR count). The second-order valence-electron chi connectivity index (χ2n) is 8.27. The number of para-hydroxylation sites is 1. The molecule has 1 amide bonds. The van der Waals surface area contributed by atoms with E-state index in [4.69, 9.17) is 5.10 Å². The van der Waals surface area contributed by atoms with Gasteiger partial charge in [-0.1, -0.05) is 54.6 Å². The summed E-state index contributed by atoms with van der Waals surface area (Å²) >= 11 is 0. The first-order chi connectivity index (χ1) is 17.6. The van der Waals surface area contributed by atoms with Crippen LogP contribution in [0.25, 0.3) is 33.8 Å². The topological polar surface area (TPSA) is 113 Å². The fourth-order valence-electron chi connectivity index (χ4n) is 3.98. The normalized spacial score (nSPS) is 12.1. The lowest BCUT2D eigenvalue weighted by atomic mass is 10.0. The number of benzene rings is 3. The molecule has 0 spiro atoms. The molecule has 178 valence electrons. The van der Waals surface area contributed by atoms with E-state index in [1.165, 1.54) is 12.4 Å². The number of imidazole rings is 1. The highest BCUT2D eigenvalue weighted by Crippen LogP contribution is 2.28. The number of amides is 1. The van der Waals surface area contributed by atoms with Crippen molar-refractivity contribution >= 4 is 28.7 Å². The number of carboxylic acid groups (broad SMARTS) is 1. The Kier molecular flexibility index (Phi) is 6.40. The third kappa shape index (κ3) is 5.07. The molecule has 0 fully saturated rings. The van der Waals surface area contributed by atoms with Crippen molar-refractivity contribution in [2.75, 3.05) is 0 Å². The molecule has 0 radical (unpaired) electrons. The van der Waals surface area contributed by atoms with E-state index in [-0.39, 0.29) is 6.42 Å². The lowest BCUT2D eigenvalue weighted by molar-refractivity contribution is -0.141. The molecule has 36 heavy (non-hydrogen) atoms. The van der Waals surface area contributed by atoms with Gasteiger partial charge < -0.3 is 15.4 Å². The average molecular weight is 478 g/mol. The maximum atomic E-state index is 12.6. The number of aliphatic carboxylic acids is 1. The molecule has 0 aliphatic rings. The molecule has 0 saturated carbocycles. The number of aromatic amines is 1. The number of carboxylic acids is 1. The van der Waals surface area contributed by atoms with Gasteiger partial charge in [-0.05, 0) is 35.0 Å². The molecule has 3 aromatic carbocycles. The minimum Gasteiger partial charge on any atom is -0.480 e. The van der Waals surface area contributed by atoms with Crippen molar-refractivity contribution in [3.05, 3.63) is 109 Å². The molecule has 0 bridgehead atoms. The minimum absolute atomic E-state index is 0.0761. The second kappa shape index (κ2) is 10.1. The standard InChI is InChI=1S/C28H23N5O3/c34-26(31-25(28(35)36)15-23-16-29-18-30-23)13-12-22-17-33(24-8-2-1-3-9-24)32-27(22)21-11-10-19-6-4-5-7-20(19)14-21/h1-14,16-18,25H,15H2,(H,29,30)(H,31,34)(H,35,36)/t25-/m0/s1. The summed E-state index contributed by atoms with van der Waals surface area (Å²) < 4.78 is 1.76. The van der Waals surface area contributed by atoms with Crippen LogP contribution < -0.4 is 5.32 Å². The summed E-state index contributed by atoms with van der Waals surface area (Å²) in [6, 6.07) is 22.8. The Hall–Kier alpha value is -4.98. The van der Waals surface area contributed by atoms with E-state index < -0.39 is 17.9 Å². The van der Waals surface area contributed by atoms with Gasteiger partial charge in [0.25, 0.3) is 0 Å². The summed E-state index contributed by atoms with van der Waals surface area (Å²) in [5.74, 6) is -1.65. The van der Waals surface area contributed by atoms with Crippen LogP contribution >= 0.6 is 0 Å². The molecule has 1 atom stereocenters. The van der Waals surface area contributed by atoms with Crippen LogP contribution in [0, 0.1) is 0 Å². The van der Waals surface area contributed by atoms with Crippen molar-refractivity contribution in [3.63, 3.8) is 0 Å².